The molecule has 1 aliphatic heterocycles. The van der Waals surface area contributed by atoms with Crippen LogP contribution in [-0.4, -0.2) is 74.4 Å². The molecule has 0 bridgehead atoms. The van der Waals surface area contributed by atoms with Gasteiger partial charge in [0, 0.05) is 38.5 Å². The van der Waals surface area contributed by atoms with Gasteiger partial charge >= 0.3 is 0 Å². The van der Waals surface area contributed by atoms with Crippen LogP contribution in [-0.2, 0) is 34.6 Å². The van der Waals surface area contributed by atoms with E-state index in [1.54, 1.807) is 17.4 Å². The molecule has 3 heterocycles. The molecule has 0 saturated carbocycles. The van der Waals surface area contributed by atoms with E-state index in [1.165, 1.54) is 12.3 Å². The molecule has 0 radical (unpaired) electrons. The largest absolute Gasteiger partial charge is 0.415 e. The summed E-state index contributed by atoms with van der Waals surface area (Å²) < 4.78 is 47.5. The van der Waals surface area contributed by atoms with Crippen molar-refractivity contribution >= 4 is 56.2 Å². The first-order valence-electron chi connectivity index (χ1n) is 16.5. The highest BCUT2D eigenvalue weighted by atomic mass is 35.5. The fourth-order valence-electron chi connectivity index (χ4n) is 5.55. The third-order valence-electron chi connectivity index (χ3n) is 7.34. The Morgan fingerprint density at radius 1 is 0.833 bits per heavy atom. The van der Waals surface area contributed by atoms with Crippen molar-refractivity contribution in [1.29, 1.82) is 0 Å². The average Bonchev–Trinajstić information content (AvgIpc) is 3.39. The van der Waals surface area contributed by atoms with Crippen LogP contribution in [0.25, 0.3) is 10.4 Å². The van der Waals surface area contributed by atoms with Crippen molar-refractivity contribution in [2.75, 3.05) is 6.61 Å². The van der Waals surface area contributed by atoms with Gasteiger partial charge in [-0.15, -0.1) is 11.3 Å². The summed E-state index contributed by atoms with van der Waals surface area (Å²) in [5.74, 6) is -2.39. The Hall–Kier alpha value is -1.08. The number of thiophene rings is 1. The number of aromatic nitrogens is 1. The molecule has 0 aliphatic carbocycles. The number of aliphatic hydroxyl groups is 1. The molecular weight excluding hydrogens is 717 g/mol. The first kappa shape index (κ1) is 39.7. The predicted molar refractivity (Wildman–Crippen MR) is 204 cm³/mol. The third kappa shape index (κ3) is 11.0. The van der Waals surface area contributed by atoms with E-state index in [4.69, 9.17) is 34.0 Å². The van der Waals surface area contributed by atoms with Crippen LogP contribution in [0.15, 0.2) is 48.7 Å². The maximum atomic E-state index is 13.4. The molecule has 1 aliphatic rings. The lowest BCUT2D eigenvalue weighted by Crippen LogP contribution is -2.69. The SMILES string of the molecule is C[Si](C)(C)OC[C@H]1O[C@@](O)(c2ccc(Cl)c(Cc3ccc(-c4ccc(F)nc4)s3)c2)[C@H](O[Si](C)(C)C)[C@@H](O[Si](C)(C)C)[C@@H]1O[Si](C)(C)C. The van der Waals surface area contributed by atoms with Crippen LogP contribution in [0.1, 0.15) is 16.0 Å². The standard InChI is InChI=1S/C34H53ClFNO6SSi4/c1-45(2,3)39-22-28-31(41-46(4,5)6)32(42-47(7,8)9)33(43-48(10,11)12)34(38,40-28)25-14-16-27(35)24(19-25)20-26-15-17-29(44-26)23-13-18-30(36)37-21-23/h13-19,21,28,31-33,38H,20,22H2,1-12H3/t28-,31-,32+,33-,34+/m1/s1. The minimum atomic E-state index is -2.29. The van der Waals surface area contributed by atoms with Gasteiger partial charge in [0.05, 0.1) is 6.61 Å². The average molecular weight is 771 g/mol. The molecule has 3 aromatic rings. The van der Waals surface area contributed by atoms with Gasteiger partial charge in [-0.25, -0.2) is 4.98 Å². The molecule has 4 rings (SSSR count). The molecule has 5 atom stereocenters. The summed E-state index contributed by atoms with van der Waals surface area (Å²) in [4.78, 5) is 5.84. The Morgan fingerprint density at radius 3 is 2.02 bits per heavy atom. The number of hydrogen-bond donors (Lipinski definition) is 1. The van der Waals surface area contributed by atoms with Gasteiger partial charge in [0.15, 0.2) is 33.3 Å². The summed E-state index contributed by atoms with van der Waals surface area (Å²) in [5.41, 5.74) is 2.22. The number of rotatable bonds is 13. The van der Waals surface area contributed by atoms with E-state index in [1.807, 2.05) is 30.3 Å². The summed E-state index contributed by atoms with van der Waals surface area (Å²) in [6, 6.07) is 12.7. The van der Waals surface area contributed by atoms with Crippen LogP contribution < -0.4 is 0 Å². The zero-order chi connectivity index (χ0) is 35.9. The smallest absolute Gasteiger partial charge is 0.221 e. The molecule has 0 unspecified atom stereocenters. The monoisotopic (exact) mass is 769 g/mol. The zero-order valence-corrected chi connectivity index (χ0v) is 36.0. The molecule has 2 aromatic heterocycles. The molecule has 14 heteroatoms. The number of ether oxygens (including phenoxy) is 1. The topological polar surface area (TPSA) is 79.3 Å². The van der Waals surface area contributed by atoms with Crippen molar-refractivity contribution in [3.05, 3.63) is 75.6 Å². The van der Waals surface area contributed by atoms with E-state index in [2.05, 4.69) is 83.5 Å². The second-order valence-electron chi connectivity index (χ2n) is 16.4. The minimum Gasteiger partial charge on any atom is -0.415 e. The summed E-state index contributed by atoms with van der Waals surface area (Å²) in [6.07, 6.45) is -0.521. The van der Waals surface area contributed by atoms with Crippen molar-refractivity contribution in [2.45, 2.75) is 115 Å². The normalized spacial score (nSPS) is 24.2. The van der Waals surface area contributed by atoms with Gasteiger partial charge in [-0.3, -0.25) is 0 Å². The zero-order valence-electron chi connectivity index (χ0n) is 30.4. The number of nitrogens with zero attached hydrogens (tertiary/aromatic N) is 1. The second kappa shape index (κ2) is 14.9. The number of hydrogen-bond acceptors (Lipinski definition) is 8. The summed E-state index contributed by atoms with van der Waals surface area (Å²) in [5, 5.41) is 13.5. The Balaban J connectivity index is 1.81. The predicted octanol–water partition coefficient (Wildman–Crippen LogP) is 9.25. The quantitative estimate of drug-likeness (QED) is 0.137. The van der Waals surface area contributed by atoms with Gasteiger partial charge in [-0.1, -0.05) is 17.7 Å². The van der Waals surface area contributed by atoms with Crippen molar-refractivity contribution in [2.24, 2.45) is 0 Å². The minimum absolute atomic E-state index is 0.259. The van der Waals surface area contributed by atoms with Gasteiger partial charge in [-0.2, -0.15) is 4.39 Å². The second-order valence-corrected chi connectivity index (χ2v) is 35.9. The van der Waals surface area contributed by atoms with Gasteiger partial charge in [0.2, 0.25) is 11.7 Å². The maximum absolute atomic E-state index is 13.4. The van der Waals surface area contributed by atoms with Crippen molar-refractivity contribution < 1.29 is 31.9 Å². The number of benzene rings is 1. The van der Waals surface area contributed by atoms with E-state index < -0.39 is 69.4 Å². The number of pyridine rings is 1. The molecule has 7 nitrogen and oxygen atoms in total. The fraction of sp³-hybridized carbons (Fsp3) is 0.559. The molecule has 1 saturated heterocycles. The lowest BCUT2D eigenvalue weighted by Gasteiger charge is -2.54. The highest BCUT2D eigenvalue weighted by molar-refractivity contribution is 7.15. The molecule has 1 aromatic carbocycles. The summed E-state index contributed by atoms with van der Waals surface area (Å²) in [6.45, 7) is 25.9. The summed E-state index contributed by atoms with van der Waals surface area (Å²) in [7, 11) is -8.59. The first-order valence-corrected chi connectivity index (χ1v) is 31.3. The Kier molecular flexibility index (Phi) is 12.3. The van der Waals surface area contributed by atoms with E-state index >= 15 is 0 Å². The molecule has 1 fully saturated rings. The van der Waals surface area contributed by atoms with Gasteiger partial charge in [0.25, 0.3) is 0 Å². The number of halogens is 2. The molecule has 1 N–H and O–H groups in total. The molecule has 48 heavy (non-hydrogen) atoms. The van der Waals surface area contributed by atoms with Crippen LogP contribution in [0, 0.1) is 5.95 Å². The Labute approximate surface area is 299 Å². The van der Waals surface area contributed by atoms with Crippen LogP contribution in [0.4, 0.5) is 4.39 Å². The fourth-order valence-corrected chi connectivity index (χ4v) is 10.7. The van der Waals surface area contributed by atoms with Crippen LogP contribution in [0.3, 0.4) is 0 Å². The molecular formula is C34H53ClFNO6SSi4. The van der Waals surface area contributed by atoms with Crippen molar-refractivity contribution in [1.82, 2.24) is 4.98 Å². The van der Waals surface area contributed by atoms with E-state index in [-0.39, 0.29) is 6.61 Å². The first-order chi connectivity index (χ1) is 21.9. The van der Waals surface area contributed by atoms with Crippen molar-refractivity contribution in [3.63, 3.8) is 0 Å². The maximum Gasteiger partial charge on any atom is 0.221 e. The highest BCUT2D eigenvalue weighted by Crippen LogP contribution is 2.44. The van der Waals surface area contributed by atoms with Crippen molar-refractivity contribution in [3.8, 4) is 10.4 Å². The Bertz CT molecular complexity index is 1540. The van der Waals surface area contributed by atoms with Gasteiger partial charge < -0.3 is 27.5 Å². The van der Waals surface area contributed by atoms with Gasteiger partial charge in [0.1, 0.15) is 24.4 Å². The van der Waals surface area contributed by atoms with Crippen LogP contribution >= 0.6 is 22.9 Å². The van der Waals surface area contributed by atoms with E-state index in [9.17, 15) is 9.50 Å². The molecule has 0 amide bonds. The Morgan fingerprint density at radius 2 is 1.46 bits per heavy atom. The van der Waals surface area contributed by atoms with E-state index in [0.717, 1.165) is 20.9 Å². The summed E-state index contributed by atoms with van der Waals surface area (Å²) >= 11 is 8.40. The lowest BCUT2D eigenvalue weighted by atomic mass is 9.87. The van der Waals surface area contributed by atoms with E-state index in [0.29, 0.717) is 17.0 Å². The highest BCUT2D eigenvalue weighted by Gasteiger charge is 2.59. The van der Waals surface area contributed by atoms with Gasteiger partial charge in [-0.05, 0) is 121 Å². The lowest BCUT2D eigenvalue weighted by molar-refractivity contribution is -0.348. The van der Waals surface area contributed by atoms with Crippen LogP contribution in [0.2, 0.25) is 83.6 Å². The van der Waals surface area contributed by atoms with Crippen LogP contribution in [0.5, 0.6) is 0 Å². The molecule has 266 valence electrons. The molecule has 0 spiro atoms. The third-order valence-corrected chi connectivity index (χ3v) is 12.8.